The van der Waals surface area contributed by atoms with Crippen LogP contribution in [0.25, 0.3) is 0 Å². The van der Waals surface area contributed by atoms with Gasteiger partial charge in [-0.15, -0.1) is 0 Å². The molecule has 1 rings (SSSR count). The molecule has 0 saturated carbocycles. The Balaban J connectivity index is 3.03. The minimum Gasteiger partial charge on any atom is -0.502 e. The van der Waals surface area contributed by atoms with E-state index >= 15 is 0 Å². The Kier molecular flexibility index (Phi) is 5.44. The molecule has 0 aliphatic carbocycles. The van der Waals surface area contributed by atoms with Crippen molar-refractivity contribution in [2.45, 2.75) is 6.42 Å². The van der Waals surface area contributed by atoms with Gasteiger partial charge in [-0.2, -0.15) is 0 Å². The molecule has 0 amide bonds. The molecule has 0 bridgehead atoms. The van der Waals surface area contributed by atoms with Crippen molar-refractivity contribution in [2.75, 3.05) is 27.9 Å². The first-order valence-electron chi connectivity index (χ1n) is 5.79. The molecule has 0 aliphatic heterocycles. The Labute approximate surface area is 112 Å². The number of hydrogen-bond donors (Lipinski definition) is 2. The van der Waals surface area contributed by atoms with Gasteiger partial charge in [0, 0.05) is 6.54 Å². The summed E-state index contributed by atoms with van der Waals surface area (Å²) in [5, 5.41) is 9.79. The zero-order chi connectivity index (χ0) is 14.4. The van der Waals surface area contributed by atoms with E-state index in [2.05, 4.69) is 4.74 Å². The Morgan fingerprint density at radius 2 is 1.79 bits per heavy atom. The molecule has 3 N–H and O–H groups in total. The SMILES string of the molecule is COC(=O)C(CN)Cc1cc(OC)c(O)c(OC)c1. The zero-order valence-corrected chi connectivity index (χ0v) is 11.3. The van der Waals surface area contributed by atoms with Gasteiger partial charge in [-0.3, -0.25) is 4.79 Å². The number of nitrogens with two attached hydrogens (primary N) is 1. The topological polar surface area (TPSA) is 91.0 Å². The molecule has 0 aliphatic rings. The lowest BCUT2D eigenvalue weighted by Crippen LogP contribution is -2.26. The van der Waals surface area contributed by atoms with Gasteiger partial charge in [0.25, 0.3) is 0 Å². The molecule has 1 aromatic carbocycles. The van der Waals surface area contributed by atoms with Gasteiger partial charge >= 0.3 is 5.97 Å². The van der Waals surface area contributed by atoms with E-state index in [1.54, 1.807) is 12.1 Å². The fraction of sp³-hybridized carbons (Fsp3) is 0.462. The summed E-state index contributed by atoms with van der Waals surface area (Å²) >= 11 is 0. The predicted molar refractivity (Wildman–Crippen MR) is 69.5 cm³/mol. The molecule has 0 saturated heterocycles. The zero-order valence-electron chi connectivity index (χ0n) is 11.3. The van der Waals surface area contributed by atoms with E-state index < -0.39 is 5.92 Å². The molecular weight excluding hydrogens is 250 g/mol. The molecule has 106 valence electrons. The third-order valence-electron chi connectivity index (χ3n) is 2.84. The van der Waals surface area contributed by atoms with Gasteiger partial charge in [-0.25, -0.2) is 0 Å². The van der Waals surface area contributed by atoms with Crippen molar-refractivity contribution in [3.8, 4) is 17.2 Å². The summed E-state index contributed by atoms with van der Waals surface area (Å²) in [6.45, 7) is 0.179. The van der Waals surface area contributed by atoms with Gasteiger partial charge in [-0.05, 0) is 24.1 Å². The van der Waals surface area contributed by atoms with E-state index in [9.17, 15) is 9.90 Å². The van der Waals surface area contributed by atoms with Crippen molar-refractivity contribution in [1.82, 2.24) is 0 Å². The first-order valence-corrected chi connectivity index (χ1v) is 5.79. The predicted octanol–water partition coefficient (Wildman–Crippen LogP) is 0.700. The van der Waals surface area contributed by atoms with Crippen LogP contribution in [0.2, 0.25) is 0 Å². The highest BCUT2D eigenvalue weighted by atomic mass is 16.5. The fourth-order valence-corrected chi connectivity index (χ4v) is 1.78. The van der Waals surface area contributed by atoms with Gasteiger partial charge in [-0.1, -0.05) is 0 Å². The van der Waals surface area contributed by atoms with Gasteiger partial charge in [0.1, 0.15) is 0 Å². The maximum Gasteiger partial charge on any atom is 0.310 e. The largest absolute Gasteiger partial charge is 0.502 e. The molecule has 6 heteroatoms. The van der Waals surface area contributed by atoms with Crippen molar-refractivity contribution >= 4 is 5.97 Å². The van der Waals surface area contributed by atoms with E-state index in [0.29, 0.717) is 6.42 Å². The number of benzene rings is 1. The monoisotopic (exact) mass is 269 g/mol. The molecule has 1 unspecified atom stereocenters. The number of phenols is 1. The highest BCUT2D eigenvalue weighted by Crippen LogP contribution is 2.37. The lowest BCUT2D eigenvalue weighted by Gasteiger charge is -2.15. The Morgan fingerprint density at radius 3 is 2.16 bits per heavy atom. The average molecular weight is 269 g/mol. The fourth-order valence-electron chi connectivity index (χ4n) is 1.78. The van der Waals surface area contributed by atoms with Crippen LogP contribution in [-0.4, -0.2) is 38.9 Å². The first kappa shape index (κ1) is 15.1. The minimum absolute atomic E-state index is 0.0730. The van der Waals surface area contributed by atoms with Gasteiger partial charge in [0.15, 0.2) is 11.5 Å². The number of aromatic hydroxyl groups is 1. The summed E-state index contributed by atoms with van der Waals surface area (Å²) in [7, 11) is 4.21. The molecule has 1 aromatic rings. The lowest BCUT2D eigenvalue weighted by molar-refractivity contribution is -0.145. The Hall–Kier alpha value is -1.95. The maximum absolute atomic E-state index is 11.5. The van der Waals surface area contributed by atoms with Crippen molar-refractivity contribution in [3.05, 3.63) is 17.7 Å². The molecule has 0 aromatic heterocycles. The van der Waals surface area contributed by atoms with Crippen LogP contribution in [0.3, 0.4) is 0 Å². The minimum atomic E-state index is -0.441. The molecule has 0 radical (unpaired) electrons. The van der Waals surface area contributed by atoms with Gasteiger partial charge < -0.3 is 25.1 Å². The molecule has 0 heterocycles. The summed E-state index contributed by atoms with van der Waals surface area (Å²) in [6.07, 6.45) is 0.385. The highest BCUT2D eigenvalue weighted by molar-refractivity contribution is 5.73. The highest BCUT2D eigenvalue weighted by Gasteiger charge is 2.20. The van der Waals surface area contributed by atoms with Crippen molar-refractivity contribution in [2.24, 2.45) is 11.7 Å². The third-order valence-corrected chi connectivity index (χ3v) is 2.84. The second-order valence-corrected chi connectivity index (χ2v) is 4.01. The maximum atomic E-state index is 11.5. The molecule has 6 nitrogen and oxygen atoms in total. The smallest absolute Gasteiger partial charge is 0.310 e. The van der Waals surface area contributed by atoms with Gasteiger partial charge in [0.05, 0.1) is 27.2 Å². The number of methoxy groups -OCH3 is 3. The second-order valence-electron chi connectivity index (χ2n) is 4.01. The standard InChI is InChI=1S/C13H19NO5/c1-17-10-5-8(6-11(18-2)12(10)15)4-9(7-14)13(16)19-3/h5-6,9,15H,4,7,14H2,1-3H3. The van der Waals surface area contributed by atoms with Crippen LogP contribution < -0.4 is 15.2 Å². The van der Waals surface area contributed by atoms with E-state index in [4.69, 9.17) is 15.2 Å². The number of ether oxygens (including phenoxy) is 3. The van der Waals surface area contributed by atoms with Crippen LogP contribution in [0.1, 0.15) is 5.56 Å². The van der Waals surface area contributed by atoms with E-state index in [1.165, 1.54) is 21.3 Å². The number of hydrogen-bond acceptors (Lipinski definition) is 6. The number of carbonyl (C=O) groups excluding carboxylic acids is 1. The van der Waals surface area contributed by atoms with Crippen molar-refractivity contribution < 1.29 is 24.1 Å². The van der Waals surface area contributed by atoms with Crippen LogP contribution in [0.4, 0.5) is 0 Å². The summed E-state index contributed by atoms with van der Waals surface area (Å²) in [5.74, 6) is -0.307. The normalized spacial score (nSPS) is 11.8. The lowest BCUT2D eigenvalue weighted by atomic mass is 9.99. The second kappa shape index (κ2) is 6.84. The van der Waals surface area contributed by atoms with Crippen molar-refractivity contribution in [1.29, 1.82) is 0 Å². The van der Waals surface area contributed by atoms with Crippen LogP contribution in [0, 0.1) is 5.92 Å². The van der Waals surface area contributed by atoms with Gasteiger partial charge in [0.2, 0.25) is 5.75 Å². The summed E-state index contributed by atoms with van der Waals surface area (Å²) in [5.41, 5.74) is 6.33. The summed E-state index contributed by atoms with van der Waals surface area (Å²) < 4.78 is 14.8. The molecule has 1 atom stereocenters. The molecular formula is C13H19NO5. The average Bonchev–Trinajstić information content (AvgIpc) is 2.45. The van der Waals surface area contributed by atoms with Crippen molar-refractivity contribution in [3.63, 3.8) is 0 Å². The Morgan fingerprint density at radius 1 is 1.26 bits per heavy atom. The summed E-state index contributed by atoms with van der Waals surface area (Å²) in [6, 6.07) is 3.28. The van der Waals surface area contributed by atoms with Crippen LogP contribution >= 0.6 is 0 Å². The number of rotatable bonds is 6. The van der Waals surface area contributed by atoms with E-state index in [0.717, 1.165) is 5.56 Å². The number of carbonyl (C=O) groups is 1. The molecule has 19 heavy (non-hydrogen) atoms. The number of esters is 1. The molecule has 0 spiro atoms. The molecule has 0 fully saturated rings. The van der Waals surface area contributed by atoms with E-state index in [-0.39, 0.29) is 29.8 Å². The third kappa shape index (κ3) is 3.51. The summed E-state index contributed by atoms with van der Waals surface area (Å²) in [4.78, 5) is 11.5. The number of phenolic OH excluding ortho intramolecular Hbond substituents is 1. The van der Waals surface area contributed by atoms with Crippen LogP contribution in [0.15, 0.2) is 12.1 Å². The first-order chi connectivity index (χ1) is 9.07. The quantitative estimate of drug-likeness (QED) is 0.739. The van der Waals surface area contributed by atoms with Crippen LogP contribution in [0.5, 0.6) is 17.2 Å². The van der Waals surface area contributed by atoms with Crippen LogP contribution in [-0.2, 0) is 16.0 Å². The Bertz CT molecular complexity index is 422. The van der Waals surface area contributed by atoms with E-state index in [1.807, 2.05) is 0 Å².